The molecule has 1 N–H and O–H groups in total. The molecule has 1 aliphatic carbocycles. The first-order chi connectivity index (χ1) is 13.2. The first kappa shape index (κ1) is 17.7. The van der Waals surface area contributed by atoms with E-state index in [4.69, 9.17) is 4.52 Å². The Morgan fingerprint density at radius 1 is 1.22 bits per heavy atom. The van der Waals surface area contributed by atoms with Gasteiger partial charge in [0.2, 0.25) is 5.91 Å². The lowest BCUT2D eigenvalue weighted by Gasteiger charge is -2.05. The molecule has 1 aromatic carbocycles. The Morgan fingerprint density at radius 2 is 2.04 bits per heavy atom. The van der Waals surface area contributed by atoms with E-state index in [0.717, 1.165) is 34.8 Å². The van der Waals surface area contributed by atoms with E-state index in [1.54, 1.807) is 18.3 Å². The molecule has 2 heterocycles. The predicted octanol–water partition coefficient (Wildman–Crippen LogP) is 3.56. The number of nitrogens with one attached hydrogen (secondary N) is 1. The minimum atomic E-state index is -0.292. The number of carbonyl (C=O) groups excluding carboxylic acids is 1. The van der Waals surface area contributed by atoms with Crippen molar-refractivity contribution in [1.82, 2.24) is 20.4 Å². The van der Waals surface area contributed by atoms with Crippen molar-refractivity contribution in [3.63, 3.8) is 0 Å². The van der Waals surface area contributed by atoms with Crippen LogP contribution in [0.25, 0.3) is 11.5 Å². The summed E-state index contributed by atoms with van der Waals surface area (Å²) < 4.78 is 18.1. The largest absolute Gasteiger partial charge is 0.351 e. The van der Waals surface area contributed by atoms with Gasteiger partial charge in [0.05, 0.1) is 16.3 Å². The molecule has 1 saturated carbocycles. The van der Waals surface area contributed by atoms with E-state index in [1.807, 2.05) is 12.1 Å². The Hall–Kier alpha value is -2.74. The van der Waals surface area contributed by atoms with E-state index in [0.29, 0.717) is 18.4 Å². The Labute approximate surface area is 159 Å². The summed E-state index contributed by atoms with van der Waals surface area (Å²) in [4.78, 5) is 20.7. The summed E-state index contributed by atoms with van der Waals surface area (Å²) in [5.41, 5.74) is 1.61. The summed E-state index contributed by atoms with van der Waals surface area (Å²) in [6.45, 7) is 0.368. The Balaban J connectivity index is 1.26. The number of carbonyl (C=O) groups is 1. The average molecular weight is 384 g/mol. The van der Waals surface area contributed by atoms with Crippen LogP contribution in [0.3, 0.4) is 0 Å². The van der Waals surface area contributed by atoms with E-state index >= 15 is 0 Å². The van der Waals surface area contributed by atoms with Gasteiger partial charge in [-0.25, -0.2) is 9.37 Å². The maximum atomic E-state index is 12.9. The molecule has 2 aromatic heterocycles. The highest BCUT2D eigenvalue weighted by molar-refractivity contribution is 7.99. The van der Waals surface area contributed by atoms with Crippen LogP contribution >= 0.6 is 11.8 Å². The van der Waals surface area contributed by atoms with E-state index in [2.05, 4.69) is 20.4 Å². The lowest BCUT2D eigenvalue weighted by molar-refractivity contribution is -0.118. The molecule has 8 heteroatoms. The smallest absolute Gasteiger partial charge is 0.259 e. The average Bonchev–Trinajstić information content (AvgIpc) is 3.43. The quantitative estimate of drug-likeness (QED) is 0.628. The maximum absolute atomic E-state index is 12.9. The summed E-state index contributed by atoms with van der Waals surface area (Å²) >= 11 is 1.34. The zero-order valence-electron chi connectivity index (χ0n) is 14.4. The number of benzene rings is 1. The Kier molecular flexibility index (Phi) is 5.15. The van der Waals surface area contributed by atoms with Crippen LogP contribution in [0.2, 0.25) is 0 Å². The van der Waals surface area contributed by atoms with Gasteiger partial charge in [-0.15, -0.1) is 0 Å². The fourth-order valence-electron chi connectivity index (χ4n) is 2.45. The van der Waals surface area contributed by atoms with Gasteiger partial charge in [0.1, 0.15) is 5.82 Å². The van der Waals surface area contributed by atoms with Crippen LogP contribution < -0.4 is 5.32 Å². The molecule has 0 bridgehead atoms. The van der Waals surface area contributed by atoms with Crippen molar-refractivity contribution in [3.8, 4) is 11.5 Å². The summed E-state index contributed by atoms with van der Waals surface area (Å²) in [7, 11) is 0. The summed E-state index contributed by atoms with van der Waals surface area (Å²) in [5, 5.41) is 7.53. The van der Waals surface area contributed by atoms with Crippen LogP contribution in [0.5, 0.6) is 0 Å². The molecule has 0 unspecified atom stereocenters. The van der Waals surface area contributed by atoms with Crippen molar-refractivity contribution < 1.29 is 13.7 Å². The van der Waals surface area contributed by atoms with Gasteiger partial charge in [-0.1, -0.05) is 29.1 Å². The van der Waals surface area contributed by atoms with Crippen LogP contribution in [0.15, 0.2) is 52.1 Å². The molecule has 0 atom stereocenters. The van der Waals surface area contributed by atoms with Crippen molar-refractivity contribution in [3.05, 3.63) is 59.8 Å². The van der Waals surface area contributed by atoms with Crippen LogP contribution in [0, 0.1) is 5.82 Å². The molecular weight excluding hydrogens is 367 g/mol. The standard InChI is InChI=1S/C19H17FN4O2S/c20-15-6-1-12(2-7-15)9-21-16(25)11-27-17-8-5-14(10-22-17)19-23-18(24-26-19)13-3-4-13/h1-2,5-8,10,13H,3-4,9,11H2,(H,21,25). The zero-order chi connectivity index (χ0) is 18.6. The molecule has 1 amide bonds. The molecule has 4 rings (SSSR count). The minimum Gasteiger partial charge on any atom is -0.351 e. The third-order valence-corrected chi connectivity index (χ3v) is 5.07. The number of nitrogens with zero attached hydrogens (tertiary/aromatic N) is 3. The van der Waals surface area contributed by atoms with Crippen LogP contribution in [-0.2, 0) is 11.3 Å². The second kappa shape index (κ2) is 7.87. The first-order valence-corrected chi connectivity index (χ1v) is 9.60. The van der Waals surface area contributed by atoms with Gasteiger partial charge >= 0.3 is 0 Å². The van der Waals surface area contributed by atoms with E-state index in [-0.39, 0.29) is 17.5 Å². The van der Waals surface area contributed by atoms with E-state index in [9.17, 15) is 9.18 Å². The number of thioether (sulfide) groups is 1. The van der Waals surface area contributed by atoms with E-state index in [1.165, 1.54) is 23.9 Å². The summed E-state index contributed by atoms with van der Waals surface area (Å²) in [5.74, 6) is 1.53. The number of hydrogen-bond donors (Lipinski definition) is 1. The highest BCUT2D eigenvalue weighted by Crippen LogP contribution is 2.38. The van der Waals surface area contributed by atoms with Gasteiger partial charge in [0.25, 0.3) is 5.89 Å². The van der Waals surface area contributed by atoms with Gasteiger partial charge in [-0.3, -0.25) is 4.79 Å². The fourth-order valence-corrected chi connectivity index (χ4v) is 3.12. The van der Waals surface area contributed by atoms with Gasteiger partial charge in [0.15, 0.2) is 5.82 Å². The van der Waals surface area contributed by atoms with Crippen LogP contribution in [0.4, 0.5) is 4.39 Å². The lowest BCUT2D eigenvalue weighted by atomic mass is 10.2. The number of hydrogen-bond acceptors (Lipinski definition) is 6. The first-order valence-electron chi connectivity index (χ1n) is 8.61. The summed E-state index contributed by atoms with van der Waals surface area (Å²) in [6.07, 6.45) is 3.91. The van der Waals surface area contributed by atoms with Gasteiger partial charge in [-0.2, -0.15) is 4.98 Å². The zero-order valence-corrected chi connectivity index (χ0v) is 15.2. The highest BCUT2D eigenvalue weighted by atomic mass is 32.2. The molecular formula is C19H17FN4O2S. The summed E-state index contributed by atoms with van der Waals surface area (Å²) in [6, 6.07) is 9.73. The molecule has 3 aromatic rings. The normalized spacial score (nSPS) is 13.5. The number of halogens is 1. The Bertz CT molecular complexity index is 924. The number of aromatic nitrogens is 3. The third-order valence-electron chi connectivity index (χ3n) is 4.12. The van der Waals surface area contributed by atoms with Gasteiger partial charge in [-0.05, 0) is 42.7 Å². The second-order valence-corrected chi connectivity index (χ2v) is 7.30. The van der Waals surface area contributed by atoms with Crippen LogP contribution in [0.1, 0.15) is 30.1 Å². The number of rotatable bonds is 7. The molecule has 0 aliphatic heterocycles. The monoisotopic (exact) mass is 384 g/mol. The van der Waals surface area contributed by atoms with Crippen molar-refractivity contribution in [1.29, 1.82) is 0 Å². The van der Waals surface area contributed by atoms with Gasteiger partial charge in [0, 0.05) is 18.7 Å². The number of pyridine rings is 1. The Morgan fingerprint density at radius 3 is 2.74 bits per heavy atom. The molecule has 0 spiro atoms. The second-order valence-electron chi connectivity index (χ2n) is 6.31. The van der Waals surface area contributed by atoms with Crippen LogP contribution in [-0.4, -0.2) is 26.8 Å². The number of amides is 1. The lowest BCUT2D eigenvalue weighted by Crippen LogP contribution is -2.24. The fraction of sp³-hybridized carbons (Fsp3) is 0.263. The van der Waals surface area contributed by atoms with Crippen molar-refractivity contribution in [2.75, 3.05) is 5.75 Å². The topological polar surface area (TPSA) is 80.9 Å². The third kappa shape index (κ3) is 4.71. The molecule has 1 fully saturated rings. The molecule has 138 valence electrons. The highest BCUT2D eigenvalue weighted by Gasteiger charge is 2.29. The van der Waals surface area contributed by atoms with E-state index < -0.39 is 0 Å². The van der Waals surface area contributed by atoms with Crippen molar-refractivity contribution in [2.45, 2.75) is 30.3 Å². The molecule has 6 nitrogen and oxygen atoms in total. The van der Waals surface area contributed by atoms with Gasteiger partial charge < -0.3 is 9.84 Å². The minimum absolute atomic E-state index is 0.110. The molecule has 1 aliphatic rings. The SMILES string of the molecule is O=C(CSc1ccc(-c2nc(C3CC3)no2)cn1)NCc1ccc(F)cc1. The maximum Gasteiger partial charge on any atom is 0.259 e. The molecule has 27 heavy (non-hydrogen) atoms. The molecule has 0 radical (unpaired) electrons. The molecule has 0 saturated heterocycles. The van der Waals surface area contributed by atoms with Crippen molar-refractivity contribution in [2.24, 2.45) is 0 Å². The predicted molar refractivity (Wildman–Crippen MR) is 98.5 cm³/mol. The van der Waals surface area contributed by atoms with Crippen molar-refractivity contribution >= 4 is 17.7 Å².